The Labute approximate surface area is 132 Å². The Morgan fingerprint density at radius 3 is 2.65 bits per heavy atom. The number of benzene rings is 1. The summed E-state index contributed by atoms with van der Waals surface area (Å²) in [7, 11) is 0. The number of nitrogens with one attached hydrogen (secondary N) is 2. The molecule has 0 atom stereocenters. The van der Waals surface area contributed by atoms with Crippen molar-refractivity contribution in [3.63, 3.8) is 0 Å². The molecule has 0 fully saturated rings. The van der Waals surface area contributed by atoms with Crippen LogP contribution in [0, 0.1) is 13.8 Å². The van der Waals surface area contributed by atoms with Gasteiger partial charge in [0.25, 0.3) is 0 Å². The second-order valence-electron chi connectivity index (χ2n) is 5.39. The van der Waals surface area contributed by atoms with Gasteiger partial charge in [0.15, 0.2) is 0 Å². The summed E-state index contributed by atoms with van der Waals surface area (Å²) in [6, 6.07) is 4.82. The first kappa shape index (κ1) is 17.1. The molecular weight excluding hydrogens is 307 g/mol. The summed E-state index contributed by atoms with van der Waals surface area (Å²) in [4.78, 5) is 11.9. The van der Waals surface area contributed by atoms with E-state index in [2.05, 4.69) is 15.5 Å². The Bertz CT molecular complexity index is 673. The van der Waals surface area contributed by atoms with Crippen molar-refractivity contribution < 1.29 is 18.0 Å². The predicted octanol–water partition coefficient (Wildman–Crippen LogP) is 2.95. The normalized spacial score (nSPS) is 11.5. The molecule has 1 heterocycles. The molecule has 1 amide bonds. The van der Waals surface area contributed by atoms with E-state index >= 15 is 0 Å². The first-order valence-corrected chi connectivity index (χ1v) is 7.20. The van der Waals surface area contributed by atoms with E-state index in [4.69, 9.17) is 0 Å². The summed E-state index contributed by atoms with van der Waals surface area (Å²) in [6.45, 7) is 4.20. The van der Waals surface area contributed by atoms with Crippen molar-refractivity contribution >= 4 is 5.91 Å². The van der Waals surface area contributed by atoms with Gasteiger partial charge in [-0.15, -0.1) is 0 Å². The van der Waals surface area contributed by atoms with E-state index in [-0.39, 0.29) is 12.3 Å². The number of carbonyl (C=O) groups excluding carboxylic acids is 1. The third-order valence-corrected chi connectivity index (χ3v) is 3.60. The zero-order valence-corrected chi connectivity index (χ0v) is 12.9. The molecule has 2 N–H and O–H groups in total. The van der Waals surface area contributed by atoms with Crippen molar-refractivity contribution in [2.45, 2.75) is 32.9 Å². The summed E-state index contributed by atoms with van der Waals surface area (Å²) in [5.74, 6) is -0.303. The Balaban J connectivity index is 1.88. The highest BCUT2D eigenvalue weighted by Crippen LogP contribution is 2.29. The Kier molecular flexibility index (Phi) is 5.08. The summed E-state index contributed by atoms with van der Waals surface area (Å²) in [5.41, 5.74) is 2.48. The lowest BCUT2D eigenvalue weighted by atomic mass is 10.1. The van der Waals surface area contributed by atoms with Crippen LogP contribution < -0.4 is 5.32 Å². The van der Waals surface area contributed by atoms with E-state index < -0.39 is 11.7 Å². The third kappa shape index (κ3) is 4.58. The number of hydrogen-bond donors (Lipinski definition) is 2. The van der Waals surface area contributed by atoms with Gasteiger partial charge in [0.2, 0.25) is 5.91 Å². The van der Waals surface area contributed by atoms with E-state index in [1.807, 2.05) is 13.8 Å². The van der Waals surface area contributed by atoms with Crippen molar-refractivity contribution in [1.82, 2.24) is 15.5 Å². The Hall–Kier alpha value is -2.31. The first-order valence-electron chi connectivity index (χ1n) is 7.20. The molecule has 2 rings (SSSR count). The van der Waals surface area contributed by atoms with E-state index in [1.165, 1.54) is 12.1 Å². The zero-order chi connectivity index (χ0) is 17.0. The van der Waals surface area contributed by atoms with Crippen LogP contribution in [0.5, 0.6) is 0 Å². The lowest BCUT2D eigenvalue weighted by molar-refractivity contribution is -0.137. The first-order chi connectivity index (χ1) is 10.8. The van der Waals surface area contributed by atoms with Gasteiger partial charge in [0.1, 0.15) is 0 Å². The van der Waals surface area contributed by atoms with Gasteiger partial charge >= 0.3 is 6.18 Å². The summed E-state index contributed by atoms with van der Waals surface area (Å²) in [6.07, 6.45) is -3.85. The smallest absolute Gasteiger partial charge is 0.355 e. The number of amides is 1. The van der Waals surface area contributed by atoms with Gasteiger partial charge in [-0.05, 0) is 37.5 Å². The van der Waals surface area contributed by atoms with Crippen molar-refractivity contribution in [3.05, 3.63) is 52.3 Å². The molecule has 0 aliphatic rings. The molecule has 0 aliphatic carbocycles. The Morgan fingerprint density at radius 2 is 2.04 bits per heavy atom. The molecule has 23 heavy (non-hydrogen) atoms. The summed E-state index contributed by atoms with van der Waals surface area (Å²) in [5, 5.41) is 9.66. The fourth-order valence-electron chi connectivity index (χ4n) is 2.37. The van der Waals surface area contributed by atoms with Crippen LogP contribution >= 0.6 is 0 Å². The van der Waals surface area contributed by atoms with Gasteiger partial charge in [0.05, 0.1) is 17.7 Å². The van der Waals surface area contributed by atoms with E-state index in [0.717, 1.165) is 29.1 Å². The molecule has 0 spiro atoms. The average molecular weight is 325 g/mol. The molecule has 2 aromatic rings. The maximum absolute atomic E-state index is 12.6. The molecule has 4 nitrogen and oxygen atoms in total. The molecule has 124 valence electrons. The molecule has 1 aromatic heterocycles. The van der Waals surface area contributed by atoms with E-state index in [1.54, 1.807) is 0 Å². The fraction of sp³-hybridized carbons (Fsp3) is 0.375. The molecule has 0 radical (unpaired) electrons. The number of carbonyl (C=O) groups is 1. The monoisotopic (exact) mass is 325 g/mol. The molecule has 0 saturated carbocycles. The van der Waals surface area contributed by atoms with Gasteiger partial charge < -0.3 is 5.32 Å². The van der Waals surface area contributed by atoms with Crippen LogP contribution in [-0.4, -0.2) is 22.6 Å². The second kappa shape index (κ2) is 6.85. The van der Waals surface area contributed by atoms with Gasteiger partial charge in [-0.3, -0.25) is 9.89 Å². The number of rotatable bonds is 5. The minimum atomic E-state index is -4.40. The van der Waals surface area contributed by atoms with Crippen LogP contribution in [-0.2, 0) is 23.8 Å². The molecule has 0 unspecified atom stereocenters. The number of hydrogen-bond acceptors (Lipinski definition) is 2. The number of aromatic amines is 1. The number of aryl methyl sites for hydroxylation is 2. The number of halogens is 3. The van der Waals surface area contributed by atoms with Gasteiger partial charge in [-0.2, -0.15) is 18.3 Å². The van der Waals surface area contributed by atoms with Crippen molar-refractivity contribution in [1.29, 1.82) is 0 Å². The topological polar surface area (TPSA) is 57.8 Å². The van der Waals surface area contributed by atoms with Gasteiger partial charge in [-0.1, -0.05) is 18.2 Å². The lowest BCUT2D eigenvalue weighted by Crippen LogP contribution is -2.27. The summed E-state index contributed by atoms with van der Waals surface area (Å²) >= 11 is 0. The standard InChI is InChI=1S/C16H18F3N3O/c1-10-14(11(2)22-21-10)6-7-20-15(23)9-12-4-3-5-13(8-12)16(17,18)19/h3-5,8H,6-7,9H2,1-2H3,(H,20,23)(H,21,22). The molecule has 0 bridgehead atoms. The number of alkyl halides is 3. The molecular formula is C16H18F3N3O. The quantitative estimate of drug-likeness (QED) is 0.888. The average Bonchev–Trinajstić information content (AvgIpc) is 2.78. The largest absolute Gasteiger partial charge is 0.416 e. The minimum absolute atomic E-state index is 0.0761. The highest BCUT2D eigenvalue weighted by Gasteiger charge is 2.30. The van der Waals surface area contributed by atoms with Gasteiger partial charge in [-0.25, -0.2) is 0 Å². The zero-order valence-electron chi connectivity index (χ0n) is 12.9. The van der Waals surface area contributed by atoms with E-state index in [9.17, 15) is 18.0 Å². The minimum Gasteiger partial charge on any atom is -0.355 e. The number of H-pyrrole nitrogens is 1. The van der Waals surface area contributed by atoms with Crippen LogP contribution in [0.3, 0.4) is 0 Å². The maximum Gasteiger partial charge on any atom is 0.416 e. The van der Waals surface area contributed by atoms with Gasteiger partial charge in [0, 0.05) is 12.2 Å². The van der Waals surface area contributed by atoms with E-state index in [0.29, 0.717) is 18.5 Å². The van der Waals surface area contributed by atoms with Crippen molar-refractivity contribution in [3.8, 4) is 0 Å². The van der Waals surface area contributed by atoms with Crippen LogP contribution in [0.15, 0.2) is 24.3 Å². The number of nitrogens with zero attached hydrogens (tertiary/aromatic N) is 1. The Morgan fingerprint density at radius 1 is 1.30 bits per heavy atom. The molecule has 0 saturated heterocycles. The van der Waals surface area contributed by atoms with Crippen molar-refractivity contribution in [2.24, 2.45) is 0 Å². The highest BCUT2D eigenvalue weighted by molar-refractivity contribution is 5.78. The van der Waals surface area contributed by atoms with Crippen molar-refractivity contribution in [2.75, 3.05) is 6.54 Å². The van der Waals surface area contributed by atoms with Crippen LogP contribution in [0.2, 0.25) is 0 Å². The highest BCUT2D eigenvalue weighted by atomic mass is 19.4. The van der Waals surface area contributed by atoms with Crippen LogP contribution in [0.1, 0.15) is 28.1 Å². The lowest BCUT2D eigenvalue weighted by Gasteiger charge is -2.09. The van der Waals surface area contributed by atoms with Crippen LogP contribution in [0.4, 0.5) is 13.2 Å². The SMILES string of the molecule is Cc1n[nH]c(C)c1CCNC(=O)Cc1cccc(C(F)(F)F)c1. The molecule has 7 heteroatoms. The predicted molar refractivity (Wildman–Crippen MR) is 79.9 cm³/mol. The third-order valence-electron chi connectivity index (χ3n) is 3.60. The molecule has 1 aromatic carbocycles. The fourth-order valence-corrected chi connectivity index (χ4v) is 2.37. The van der Waals surface area contributed by atoms with Crippen LogP contribution in [0.25, 0.3) is 0 Å². The molecule has 0 aliphatic heterocycles. The summed E-state index contributed by atoms with van der Waals surface area (Å²) < 4.78 is 37.9. The maximum atomic E-state index is 12.6. The number of aromatic nitrogens is 2. The second-order valence-corrected chi connectivity index (χ2v) is 5.39.